The quantitative estimate of drug-likeness (QED) is 0.871. The number of carbonyl (C=O) groups excluding carboxylic acids is 1. The van der Waals surface area contributed by atoms with E-state index in [0.29, 0.717) is 0 Å². The van der Waals surface area contributed by atoms with Gasteiger partial charge in [-0.1, -0.05) is 48.9 Å². The monoisotopic (exact) mass is 311 g/mol. The molecular formula is C20H25NO2. The third-order valence-corrected chi connectivity index (χ3v) is 3.95. The van der Waals surface area contributed by atoms with Gasteiger partial charge in [-0.2, -0.15) is 0 Å². The molecule has 0 saturated heterocycles. The molecule has 1 amide bonds. The topological polar surface area (TPSA) is 38.3 Å². The molecule has 0 heterocycles. The Morgan fingerprint density at radius 3 is 2.43 bits per heavy atom. The standard InChI is InChI=1S/C20H25NO2/c1-5-17-7-9-18(10-8-17)16(4)21-20(22)13-23-19-11-6-14(2)12-15(19)3/h6-12,16H,5,13H2,1-4H3,(H,21,22)/t16-/m0/s1. The lowest BCUT2D eigenvalue weighted by Gasteiger charge is -2.16. The van der Waals surface area contributed by atoms with Crippen LogP contribution in [0.3, 0.4) is 0 Å². The molecular weight excluding hydrogens is 286 g/mol. The van der Waals surface area contributed by atoms with E-state index in [2.05, 4.69) is 36.5 Å². The van der Waals surface area contributed by atoms with E-state index in [9.17, 15) is 4.79 Å². The Hall–Kier alpha value is -2.29. The summed E-state index contributed by atoms with van der Waals surface area (Å²) in [6, 6.07) is 14.2. The fraction of sp³-hybridized carbons (Fsp3) is 0.350. The smallest absolute Gasteiger partial charge is 0.258 e. The van der Waals surface area contributed by atoms with Crippen molar-refractivity contribution in [1.82, 2.24) is 5.32 Å². The summed E-state index contributed by atoms with van der Waals surface area (Å²) < 4.78 is 5.61. The van der Waals surface area contributed by atoms with Gasteiger partial charge in [0.2, 0.25) is 0 Å². The van der Waals surface area contributed by atoms with Crippen LogP contribution in [0.5, 0.6) is 5.75 Å². The predicted octanol–water partition coefficient (Wildman–Crippen LogP) is 4.12. The van der Waals surface area contributed by atoms with E-state index < -0.39 is 0 Å². The zero-order chi connectivity index (χ0) is 16.8. The van der Waals surface area contributed by atoms with Crippen molar-refractivity contribution >= 4 is 5.91 Å². The molecule has 0 bridgehead atoms. The molecule has 2 aromatic rings. The highest BCUT2D eigenvalue weighted by Gasteiger charge is 2.10. The average Bonchev–Trinajstić information content (AvgIpc) is 2.54. The molecule has 1 N–H and O–H groups in total. The summed E-state index contributed by atoms with van der Waals surface area (Å²) in [4.78, 5) is 12.1. The van der Waals surface area contributed by atoms with Crippen LogP contribution in [0.25, 0.3) is 0 Å². The third kappa shape index (κ3) is 4.85. The van der Waals surface area contributed by atoms with Crippen molar-refractivity contribution in [3.8, 4) is 5.75 Å². The van der Waals surface area contributed by atoms with Crippen LogP contribution in [0.4, 0.5) is 0 Å². The molecule has 0 fully saturated rings. The van der Waals surface area contributed by atoms with Crippen LogP contribution in [0.1, 0.15) is 42.1 Å². The van der Waals surface area contributed by atoms with Gasteiger partial charge in [0.1, 0.15) is 5.75 Å². The van der Waals surface area contributed by atoms with Crippen LogP contribution < -0.4 is 10.1 Å². The molecule has 2 rings (SSSR count). The van der Waals surface area contributed by atoms with E-state index in [0.717, 1.165) is 23.3 Å². The zero-order valence-electron chi connectivity index (χ0n) is 14.3. The highest BCUT2D eigenvalue weighted by Crippen LogP contribution is 2.19. The number of amides is 1. The van der Waals surface area contributed by atoms with Crippen LogP contribution in [0.2, 0.25) is 0 Å². The Morgan fingerprint density at radius 1 is 1.13 bits per heavy atom. The van der Waals surface area contributed by atoms with E-state index >= 15 is 0 Å². The second-order valence-electron chi connectivity index (χ2n) is 5.94. The first kappa shape index (κ1) is 17.1. The van der Waals surface area contributed by atoms with Gasteiger partial charge in [-0.3, -0.25) is 4.79 Å². The SMILES string of the molecule is CCc1ccc([C@H](C)NC(=O)COc2ccc(C)cc2C)cc1. The van der Waals surface area contributed by atoms with Crippen LogP contribution in [0, 0.1) is 13.8 Å². The number of hydrogen-bond acceptors (Lipinski definition) is 2. The first-order valence-corrected chi connectivity index (χ1v) is 8.08. The van der Waals surface area contributed by atoms with Gasteiger partial charge in [0.25, 0.3) is 5.91 Å². The molecule has 0 aliphatic rings. The van der Waals surface area contributed by atoms with E-state index in [4.69, 9.17) is 4.74 Å². The Morgan fingerprint density at radius 2 is 1.83 bits per heavy atom. The van der Waals surface area contributed by atoms with Crippen molar-refractivity contribution in [1.29, 1.82) is 0 Å². The Bertz CT molecular complexity index is 662. The molecule has 0 spiro atoms. The number of rotatable bonds is 6. The lowest BCUT2D eigenvalue weighted by atomic mass is 10.1. The minimum Gasteiger partial charge on any atom is -0.484 e. The van der Waals surface area contributed by atoms with Crippen molar-refractivity contribution in [2.45, 2.75) is 40.2 Å². The Kier molecular flexibility index (Phi) is 5.80. The van der Waals surface area contributed by atoms with Crippen LogP contribution in [-0.4, -0.2) is 12.5 Å². The molecule has 0 aliphatic carbocycles. The van der Waals surface area contributed by atoms with E-state index in [1.807, 2.05) is 39.0 Å². The molecule has 23 heavy (non-hydrogen) atoms. The molecule has 0 saturated carbocycles. The highest BCUT2D eigenvalue weighted by atomic mass is 16.5. The molecule has 2 aromatic carbocycles. The zero-order valence-corrected chi connectivity index (χ0v) is 14.3. The normalized spacial score (nSPS) is 11.8. The van der Waals surface area contributed by atoms with Crippen molar-refractivity contribution in [2.24, 2.45) is 0 Å². The maximum Gasteiger partial charge on any atom is 0.258 e. The fourth-order valence-electron chi connectivity index (χ4n) is 2.51. The van der Waals surface area contributed by atoms with Gasteiger partial charge in [0, 0.05) is 0 Å². The number of hydrogen-bond donors (Lipinski definition) is 1. The van der Waals surface area contributed by atoms with E-state index in [-0.39, 0.29) is 18.6 Å². The third-order valence-electron chi connectivity index (χ3n) is 3.95. The molecule has 3 nitrogen and oxygen atoms in total. The number of nitrogens with one attached hydrogen (secondary N) is 1. The molecule has 0 radical (unpaired) electrons. The lowest BCUT2D eigenvalue weighted by molar-refractivity contribution is -0.123. The van der Waals surface area contributed by atoms with Crippen molar-refractivity contribution < 1.29 is 9.53 Å². The van der Waals surface area contributed by atoms with Gasteiger partial charge in [-0.15, -0.1) is 0 Å². The van der Waals surface area contributed by atoms with Crippen molar-refractivity contribution in [3.63, 3.8) is 0 Å². The van der Waals surface area contributed by atoms with E-state index in [1.165, 1.54) is 11.1 Å². The summed E-state index contributed by atoms with van der Waals surface area (Å²) >= 11 is 0. The Labute approximate surface area is 138 Å². The molecule has 0 unspecified atom stereocenters. The predicted molar refractivity (Wildman–Crippen MR) is 93.8 cm³/mol. The summed E-state index contributed by atoms with van der Waals surface area (Å²) in [6.45, 7) is 8.16. The molecule has 122 valence electrons. The van der Waals surface area contributed by atoms with Crippen molar-refractivity contribution in [3.05, 3.63) is 64.7 Å². The van der Waals surface area contributed by atoms with Crippen LogP contribution in [-0.2, 0) is 11.2 Å². The largest absolute Gasteiger partial charge is 0.484 e. The minimum absolute atomic E-state index is 0.0291. The summed E-state index contributed by atoms with van der Waals surface area (Å²) in [5, 5.41) is 2.97. The highest BCUT2D eigenvalue weighted by molar-refractivity contribution is 5.78. The van der Waals surface area contributed by atoms with Gasteiger partial charge in [-0.05, 0) is 49.9 Å². The molecule has 0 aromatic heterocycles. The number of carbonyl (C=O) groups is 1. The number of ether oxygens (including phenoxy) is 1. The van der Waals surface area contributed by atoms with Gasteiger partial charge in [0.15, 0.2) is 6.61 Å². The maximum absolute atomic E-state index is 12.1. The summed E-state index contributed by atoms with van der Waals surface area (Å²) in [6.07, 6.45) is 1.02. The van der Waals surface area contributed by atoms with Gasteiger partial charge < -0.3 is 10.1 Å². The minimum atomic E-state index is -0.114. The molecule has 0 aliphatic heterocycles. The Balaban J connectivity index is 1.88. The number of aryl methyl sites for hydroxylation is 3. The fourth-order valence-corrected chi connectivity index (χ4v) is 2.51. The average molecular weight is 311 g/mol. The second kappa shape index (κ2) is 7.82. The second-order valence-corrected chi connectivity index (χ2v) is 5.94. The van der Waals surface area contributed by atoms with Gasteiger partial charge >= 0.3 is 0 Å². The molecule has 3 heteroatoms. The first-order chi connectivity index (χ1) is 11.0. The summed E-state index contributed by atoms with van der Waals surface area (Å²) in [5.41, 5.74) is 4.62. The lowest BCUT2D eigenvalue weighted by Crippen LogP contribution is -2.31. The van der Waals surface area contributed by atoms with Crippen LogP contribution >= 0.6 is 0 Å². The van der Waals surface area contributed by atoms with Gasteiger partial charge in [0.05, 0.1) is 6.04 Å². The van der Waals surface area contributed by atoms with Gasteiger partial charge in [-0.25, -0.2) is 0 Å². The number of benzene rings is 2. The van der Waals surface area contributed by atoms with Crippen LogP contribution in [0.15, 0.2) is 42.5 Å². The van der Waals surface area contributed by atoms with E-state index in [1.54, 1.807) is 0 Å². The maximum atomic E-state index is 12.1. The molecule has 1 atom stereocenters. The first-order valence-electron chi connectivity index (χ1n) is 8.08. The summed E-state index contributed by atoms with van der Waals surface area (Å²) in [7, 11) is 0. The summed E-state index contributed by atoms with van der Waals surface area (Å²) in [5.74, 6) is 0.641. The van der Waals surface area contributed by atoms with Crippen molar-refractivity contribution in [2.75, 3.05) is 6.61 Å².